The fourth-order valence-corrected chi connectivity index (χ4v) is 2.91. The van der Waals surface area contributed by atoms with Crippen molar-refractivity contribution in [3.8, 4) is 0 Å². The summed E-state index contributed by atoms with van der Waals surface area (Å²) in [5.41, 5.74) is 4.98. The van der Waals surface area contributed by atoms with Crippen LogP contribution in [0.3, 0.4) is 0 Å². The van der Waals surface area contributed by atoms with Crippen molar-refractivity contribution < 1.29 is 14.8 Å². The molecule has 8 heteroatoms. The van der Waals surface area contributed by atoms with E-state index in [9.17, 15) is 9.59 Å². The molecule has 6 nitrogen and oxygen atoms in total. The Morgan fingerprint density at radius 3 is 2.78 bits per heavy atom. The zero-order chi connectivity index (χ0) is 16.7. The van der Waals surface area contributed by atoms with Gasteiger partial charge in [-0.3, -0.25) is 14.8 Å². The first-order valence-electron chi connectivity index (χ1n) is 6.39. The molecule has 2 rings (SSSR count). The van der Waals surface area contributed by atoms with E-state index in [0.717, 1.165) is 14.7 Å². The average molecular weight is 394 g/mol. The molecule has 0 bridgehead atoms. The van der Waals surface area contributed by atoms with Crippen molar-refractivity contribution >= 4 is 51.4 Å². The second-order valence-electron chi connectivity index (χ2n) is 4.28. The maximum atomic E-state index is 12.0. The molecule has 0 spiro atoms. The van der Waals surface area contributed by atoms with Crippen LogP contribution in [0.25, 0.3) is 6.08 Å². The van der Waals surface area contributed by atoms with Crippen LogP contribution >= 0.6 is 27.3 Å². The van der Waals surface area contributed by atoms with Crippen molar-refractivity contribution in [3.05, 3.63) is 62.3 Å². The Morgan fingerprint density at radius 2 is 2.09 bits per heavy atom. The third-order valence-electron chi connectivity index (χ3n) is 2.64. The van der Waals surface area contributed by atoms with Crippen LogP contribution in [0.1, 0.15) is 20.8 Å². The van der Waals surface area contributed by atoms with Crippen LogP contribution < -0.4 is 10.9 Å². The largest absolute Gasteiger partial charge is 0.288 e. The minimum Gasteiger partial charge on any atom is -0.288 e. The highest BCUT2D eigenvalue weighted by molar-refractivity contribution is 9.11. The van der Waals surface area contributed by atoms with E-state index >= 15 is 0 Å². The molecule has 1 aromatic carbocycles. The molecule has 0 aliphatic heterocycles. The van der Waals surface area contributed by atoms with Gasteiger partial charge in [0.25, 0.3) is 11.8 Å². The Balaban J connectivity index is 2.00. The number of hydrogen-bond donors (Lipinski definition) is 3. The van der Waals surface area contributed by atoms with Gasteiger partial charge in [-0.05, 0) is 51.8 Å². The van der Waals surface area contributed by atoms with E-state index in [1.165, 1.54) is 22.9 Å². The van der Waals surface area contributed by atoms with Gasteiger partial charge in [0.2, 0.25) is 0 Å². The Labute approximate surface area is 144 Å². The Kier molecular flexibility index (Phi) is 6.21. The van der Waals surface area contributed by atoms with E-state index < -0.39 is 5.91 Å². The lowest BCUT2D eigenvalue weighted by atomic mass is 10.1. The van der Waals surface area contributed by atoms with Crippen LogP contribution in [0.15, 0.2) is 51.4 Å². The summed E-state index contributed by atoms with van der Waals surface area (Å²) in [5.74, 6) is -1.01. The topological polar surface area (TPSA) is 90.8 Å². The van der Waals surface area contributed by atoms with E-state index in [4.69, 9.17) is 5.21 Å². The number of hydrazone groups is 1. The smallest absolute Gasteiger partial charge is 0.271 e. The molecule has 2 amide bonds. The highest BCUT2D eigenvalue weighted by Gasteiger charge is 2.04. The number of benzene rings is 1. The van der Waals surface area contributed by atoms with Gasteiger partial charge in [-0.25, -0.2) is 10.9 Å². The van der Waals surface area contributed by atoms with E-state index in [1.54, 1.807) is 30.5 Å². The van der Waals surface area contributed by atoms with Crippen LogP contribution in [0.5, 0.6) is 0 Å². The van der Waals surface area contributed by atoms with Gasteiger partial charge in [-0.2, -0.15) is 5.10 Å². The number of carbonyl (C=O) groups excluding carboxylic acids is 2. The first kappa shape index (κ1) is 17.1. The normalized spacial score (nSPS) is 11.0. The lowest BCUT2D eigenvalue weighted by Gasteiger charge is -2.01. The second kappa shape index (κ2) is 8.37. The third kappa shape index (κ3) is 5.44. The highest BCUT2D eigenvalue weighted by Crippen LogP contribution is 2.20. The number of halogens is 1. The minimum absolute atomic E-state index is 0.362. The number of nitrogens with one attached hydrogen (secondary N) is 2. The molecule has 0 aliphatic carbocycles. The summed E-state index contributed by atoms with van der Waals surface area (Å²) >= 11 is 4.84. The molecule has 1 aromatic heterocycles. The van der Waals surface area contributed by atoms with Gasteiger partial charge in [0.05, 0.1) is 10.0 Å². The van der Waals surface area contributed by atoms with Crippen LogP contribution in [0.4, 0.5) is 0 Å². The second-order valence-corrected chi connectivity index (χ2v) is 6.77. The number of nitrogens with zero attached hydrogens (tertiary/aromatic N) is 1. The summed E-state index contributed by atoms with van der Waals surface area (Å²) in [4.78, 5) is 23.9. The molecule has 0 saturated heterocycles. The van der Waals surface area contributed by atoms with Crippen molar-refractivity contribution in [2.75, 3.05) is 0 Å². The number of hydrogen-bond acceptors (Lipinski definition) is 5. The van der Waals surface area contributed by atoms with Gasteiger partial charge in [0, 0.05) is 16.5 Å². The summed E-state index contributed by atoms with van der Waals surface area (Å²) in [6, 6.07) is 10.4. The summed E-state index contributed by atoms with van der Waals surface area (Å²) in [6.07, 6.45) is 4.20. The molecule has 23 heavy (non-hydrogen) atoms. The van der Waals surface area contributed by atoms with Crippen molar-refractivity contribution in [2.45, 2.75) is 0 Å². The molecular weight excluding hydrogens is 382 g/mol. The van der Waals surface area contributed by atoms with Gasteiger partial charge in [0.1, 0.15) is 0 Å². The maximum absolute atomic E-state index is 12.0. The summed E-state index contributed by atoms with van der Waals surface area (Å²) in [7, 11) is 0. The number of carbonyl (C=O) groups is 2. The van der Waals surface area contributed by atoms with Gasteiger partial charge in [-0.15, -0.1) is 11.3 Å². The first-order chi connectivity index (χ1) is 11.1. The lowest BCUT2D eigenvalue weighted by Crippen LogP contribution is -2.17. The average Bonchev–Trinajstić information content (AvgIpc) is 2.98. The Hall–Kier alpha value is -2.29. The highest BCUT2D eigenvalue weighted by atomic mass is 79.9. The van der Waals surface area contributed by atoms with Crippen molar-refractivity contribution in [1.82, 2.24) is 10.9 Å². The lowest BCUT2D eigenvalue weighted by molar-refractivity contribution is -0.124. The molecular formula is C15H12BrN3O3S. The van der Waals surface area contributed by atoms with Crippen molar-refractivity contribution in [1.29, 1.82) is 0 Å². The summed E-state index contributed by atoms with van der Waals surface area (Å²) in [6.45, 7) is 0. The van der Waals surface area contributed by atoms with Crippen LogP contribution in [-0.2, 0) is 4.79 Å². The molecule has 0 saturated carbocycles. The molecule has 0 atom stereocenters. The van der Waals surface area contributed by atoms with Crippen LogP contribution in [0, 0.1) is 0 Å². The fraction of sp³-hybridized carbons (Fsp3) is 0. The molecule has 118 valence electrons. The van der Waals surface area contributed by atoms with Crippen LogP contribution in [-0.4, -0.2) is 23.2 Å². The van der Waals surface area contributed by atoms with Gasteiger partial charge in [-0.1, -0.05) is 12.1 Å². The molecule has 0 fully saturated rings. The third-order valence-corrected chi connectivity index (χ3v) is 4.20. The quantitative estimate of drug-likeness (QED) is 0.315. The van der Waals surface area contributed by atoms with E-state index in [2.05, 4.69) is 26.5 Å². The molecule has 2 aromatic rings. The number of hydroxylamine groups is 1. The summed E-state index contributed by atoms with van der Waals surface area (Å²) < 4.78 is 0.983. The van der Waals surface area contributed by atoms with E-state index in [-0.39, 0.29) is 5.91 Å². The molecule has 0 unspecified atom stereocenters. The summed E-state index contributed by atoms with van der Waals surface area (Å²) in [5, 5.41) is 12.3. The Bertz CT molecular complexity index is 771. The van der Waals surface area contributed by atoms with E-state index in [1.807, 2.05) is 12.1 Å². The Morgan fingerprint density at radius 1 is 1.26 bits per heavy atom. The SMILES string of the molecule is O=C(C=Cc1cccc(C(=O)NN=Cc2ccc(Br)s2)c1)NO. The zero-order valence-electron chi connectivity index (χ0n) is 11.7. The molecule has 1 heterocycles. The maximum Gasteiger partial charge on any atom is 0.271 e. The fourth-order valence-electron chi connectivity index (χ4n) is 1.61. The standard InChI is InChI=1S/C15H12BrN3O3S/c16-13-6-5-12(23-13)9-17-18-15(21)11-3-1-2-10(8-11)4-7-14(20)19-22/h1-9,22H,(H,18,21)(H,19,20). The number of thiophene rings is 1. The van der Waals surface area contributed by atoms with Crippen molar-refractivity contribution in [2.24, 2.45) is 5.10 Å². The molecule has 0 aliphatic rings. The monoisotopic (exact) mass is 393 g/mol. The minimum atomic E-state index is -0.647. The number of rotatable bonds is 5. The molecule has 3 N–H and O–H groups in total. The molecule has 0 radical (unpaired) electrons. The van der Waals surface area contributed by atoms with E-state index in [0.29, 0.717) is 11.1 Å². The van der Waals surface area contributed by atoms with Crippen LogP contribution in [0.2, 0.25) is 0 Å². The van der Waals surface area contributed by atoms with Gasteiger partial charge in [0.15, 0.2) is 0 Å². The van der Waals surface area contributed by atoms with Gasteiger partial charge >= 0.3 is 0 Å². The first-order valence-corrected chi connectivity index (χ1v) is 8.00. The zero-order valence-corrected chi connectivity index (χ0v) is 14.1. The predicted octanol–water partition coefficient (Wildman–Crippen LogP) is 2.79. The predicted molar refractivity (Wildman–Crippen MR) is 92.5 cm³/mol. The van der Waals surface area contributed by atoms with Crippen molar-refractivity contribution in [3.63, 3.8) is 0 Å². The van der Waals surface area contributed by atoms with Gasteiger partial charge < -0.3 is 0 Å². The number of amides is 2.